The van der Waals surface area contributed by atoms with Crippen LogP contribution in [0.4, 0.5) is 8.78 Å². The predicted molar refractivity (Wildman–Crippen MR) is 136 cm³/mol. The van der Waals surface area contributed by atoms with Crippen LogP contribution in [-0.2, 0) is 33.4 Å². The summed E-state index contributed by atoms with van der Waals surface area (Å²) in [5.74, 6) is -7.53. The highest BCUT2D eigenvalue weighted by Gasteiger charge is 2.45. The van der Waals surface area contributed by atoms with Gasteiger partial charge in [-0.2, -0.15) is 8.78 Å². The molecule has 2 aliphatic heterocycles. The summed E-state index contributed by atoms with van der Waals surface area (Å²) >= 11 is 5.85. The lowest BCUT2D eigenvalue weighted by atomic mass is 9.66. The van der Waals surface area contributed by atoms with Gasteiger partial charge in [0.2, 0.25) is 19.8 Å². The van der Waals surface area contributed by atoms with Crippen molar-refractivity contribution < 1.29 is 28.0 Å². The molecule has 0 saturated carbocycles. The second-order valence-electron chi connectivity index (χ2n) is 8.74. The van der Waals surface area contributed by atoms with Crippen LogP contribution in [0.2, 0.25) is 5.02 Å². The molecule has 15 heteroatoms. The molecule has 1 N–H and O–H groups in total. The van der Waals surface area contributed by atoms with Crippen molar-refractivity contribution in [3.05, 3.63) is 45.5 Å². The topological polar surface area (TPSA) is 86.8 Å². The molecule has 2 aliphatic rings. The lowest BCUT2D eigenvalue weighted by Crippen LogP contribution is -2.53. The zero-order valence-corrected chi connectivity index (χ0v) is 19.9. The first kappa shape index (κ1) is 27.0. The van der Waals surface area contributed by atoms with E-state index in [1.54, 1.807) is 0 Å². The van der Waals surface area contributed by atoms with Gasteiger partial charge in [0.05, 0.1) is 0 Å². The molecule has 1 fully saturated rings. The number of rotatable bonds is 5. The van der Waals surface area contributed by atoms with Gasteiger partial charge < -0.3 is 9.71 Å². The van der Waals surface area contributed by atoms with E-state index in [1.165, 1.54) is 23.1 Å². The number of alkyl halides is 2. The number of nitrogens with one attached hydrogen (secondary N) is 1. The van der Waals surface area contributed by atoms with Gasteiger partial charge in [0, 0.05) is 35.7 Å². The molecular formula is C22H13B5ClF2N3O4. The van der Waals surface area contributed by atoms with Gasteiger partial charge in [0.1, 0.15) is 37.4 Å². The number of piperidine rings is 1. The first-order valence-electron chi connectivity index (χ1n) is 10.9. The zero-order chi connectivity index (χ0) is 27.4. The minimum Gasteiger partial charge on any atom is -0.387 e. The highest BCUT2D eigenvalue weighted by molar-refractivity contribution is 6.64. The number of carbonyl (C=O) groups excluding carboxylic acids is 4. The lowest BCUT2D eigenvalue weighted by Gasteiger charge is -2.29. The van der Waals surface area contributed by atoms with Crippen LogP contribution in [0, 0.1) is 0 Å². The normalized spacial score (nSPS) is 17.5. The lowest BCUT2D eigenvalue weighted by molar-refractivity contribution is -0.153. The van der Waals surface area contributed by atoms with Gasteiger partial charge in [-0.1, -0.05) is 45.6 Å². The largest absolute Gasteiger partial charge is 0.387 e. The first-order valence-corrected chi connectivity index (χ1v) is 11.3. The summed E-state index contributed by atoms with van der Waals surface area (Å²) in [5, 5.41) is 1.89. The minimum absolute atomic E-state index is 0.0549. The second-order valence-corrected chi connectivity index (χ2v) is 9.12. The van der Waals surface area contributed by atoms with Gasteiger partial charge >= 0.3 is 5.92 Å². The summed E-state index contributed by atoms with van der Waals surface area (Å²) in [6, 6.07) is 3.59. The van der Waals surface area contributed by atoms with Gasteiger partial charge in [-0.25, -0.2) is 0 Å². The Kier molecular flexibility index (Phi) is 7.09. The molecule has 1 saturated heterocycles. The Morgan fingerprint density at radius 3 is 2.32 bits per heavy atom. The summed E-state index contributed by atoms with van der Waals surface area (Å²) in [5.41, 5.74) is -2.27. The second kappa shape index (κ2) is 9.70. The number of benzene rings is 2. The molecular weight excluding hydrogens is 498 g/mol. The molecule has 2 aromatic carbocycles. The fourth-order valence-electron chi connectivity index (χ4n) is 4.42. The quantitative estimate of drug-likeness (QED) is 0.355. The first-order chi connectivity index (χ1) is 17.2. The van der Waals surface area contributed by atoms with E-state index in [2.05, 4.69) is 5.32 Å². The van der Waals surface area contributed by atoms with E-state index in [9.17, 15) is 19.2 Å². The Bertz CT molecular complexity index is 1350. The number of fused-ring (bicyclic) bond motifs is 1. The standard InChI is InChI=1S/C22H13B5ClF2N3O4/c23-14-13(15(24)17(26)18(28)16(14)25)22(29,30)21(37)33(27)6-8-1-2-10-9(5-8)7-32(20(10)36)11-3-4-12(34)31-19(11)35/h1-2,5,11H,3-4,6-7H2,(H,31,34,35). The van der Waals surface area contributed by atoms with E-state index >= 15 is 8.78 Å². The molecule has 176 valence electrons. The number of amides is 4. The molecule has 10 radical (unpaired) electrons. The summed E-state index contributed by atoms with van der Waals surface area (Å²) < 4.78 is 30.4. The van der Waals surface area contributed by atoms with E-state index in [1.807, 2.05) is 0 Å². The third-order valence-electron chi connectivity index (χ3n) is 6.38. The molecule has 37 heavy (non-hydrogen) atoms. The molecule has 4 rings (SSSR count). The van der Waals surface area contributed by atoms with Crippen molar-refractivity contribution in [2.24, 2.45) is 0 Å². The average molecular weight is 511 g/mol. The van der Waals surface area contributed by atoms with Crippen LogP contribution in [0.25, 0.3) is 0 Å². The van der Waals surface area contributed by atoms with Crippen molar-refractivity contribution in [2.45, 2.75) is 37.9 Å². The van der Waals surface area contributed by atoms with Crippen LogP contribution in [0.3, 0.4) is 0 Å². The van der Waals surface area contributed by atoms with E-state index in [0.717, 1.165) is 0 Å². The summed E-state index contributed by atoms with van der Waals surface area (Å²) in [4.78, 5) is 50.7. The van der Waals surface area contributed by atoms with Crippen molar-refractivity contribution >= 4 is 96.4 Å². The molecule has 1 atom stereocenters. The van der Waals surface area contributed by atoms with E-state index in [4.69, 9.17) is 51.0 Å². The summed E-state index contributed by atoms with van der Waals surface area (Å²) in [6.07, 6.45) is 0.281. The van der Waals surface area contributed by atoms with Gasteiger partial charge in [-0.15, -0.1) is 0 Å². The van der Waals surface area contributed by atoms with Gasteiger partial charge in [-0.05, 0) is 23.6 Å². The Morgan fingerprint density at radius 1 is 1.11 bits per heavy atom. The number of imide groups is 1. The van der Waals surface area contributed by atoms with Gasteiger partial charge in [0.15, 0.2) is 0 Å². The molecule has 0 aromatic heterocycles. The molecule has 7 nitrogen and oxygen atoms in total. The van der Waals surface area contributed by atoms with E-state index in [0.29, 0.717) is 16.7 Å². The SMILES string of the molecule is [B]c1c([B])c(C(F)(F)C(=O)N([B])Cc2ccc3c(c2)CN(C2CCC(=O)NC2=O)C3=O)c([B])c([B])c1Cl. The Balaban J connectivity index is 1.54. The third-order valence-corrected chi connectivity index (χ3v) is 6.78. The highest BCUT2D eigenvalue weighted by Crippen LogP contribution is 2.30. The number of halogens is 3. The molecule has 2 heterocycles. The van der Waals surface area contributed by atoms with Crippen molar-refractivity contribution in [1.82, 2.24) is 15.0 Å². The average Bonchev–Trinajstić information content (AvgIpc) is 3.16. The summed E-state index contributed by atoms with van der Waals surface area (Å²) in [7, 11) is 28.3. The fourth-order valence-corrected chi connectivity index (χ4v) is 4.62. The van der Waals surface area contributed by atoms with Crippen molar-refractivity contribution in [2.75, 3.05) is 0 Å². The molecule has 0 aliphatic carbocycles. The van der Waals surface area contributed by atoms with E-state index < -0.39 is 69.6 Å². The maximum atomic E-state index is 15.2. The third kappa shape index (κ3) is 4.60. The van der Waals surface area contributed by atoms with Crippen LogP contribution in [0.1, 0.15) is 39.9 Å². The van der Waals surface area contributed by atoms with Gasteiger partial charge in [0.25, 0.3) is 11.8 Å². The van der Waals surface area contributed by atoms with Crippen LogP contribution in [-0.4, -0.2) is 78.7 Å². The number of hydrogen-bond donors (Lipinski definition) is 1. The van der Waals surface area contributed by atoms with Crippen molar-refractivity contribution in [3.8, 4) is 0 Å². The fraction of sp³-hybridized carbons (Fsp3) is 0.273. The van der Waals surface area contributed by atoms with Crippen LogP contribution < -0.4 is 27.2 Å². The van der Waals surface area contributed by atoms with E-state index in [-0.39, 0.29) is 29.2 Å². The smallest absolute Gasteiger partial charge is 0.347 e. The zero-order valence-electron chi connectivity index (χ0n) is 19.2. The Hall–Kier alpha value is -3.01. The number of nitrogens with zero attached hydrogens (tertiary/aromatic N) is 2. The van der Waals surface area contributed by atoms with Crippen molar-refractivity contribution in [3.63, 3.8) is 0 Å². The molecule has 1 unspecified atom stereocenters. The maximum Gasteiger partial charge on any atom is 0.347 e. The number of hydrogen-bond acceptors (Lipinski definition) is 4. The Morgan fingerprint density at radius 2 is 1.73 bits per heavy atom. The minimum atomic E-state index is -4.30. The molecule has 0 spiro atoms. The maximum absolute atomic E-state index is 15.2. The highest BCUT2D eigenvalue weighted by atomic mass is 35.5. The molecule has 2 aromatic rings. The van der Waals surface area contributed by atoms with Crippen LogP contribution >= 0.6 is 11.6 Å². The van der Waals surface area contributed by atoms with Crippen LogP contribution in [0.15, 0.2) is 18.2 Å². The Labute approximate surface area is 222 Å². The predicted octanol–water partition coefficient (Wildman–Crippen LogP) is -2.52. The van der Waals surface area contributed by atoms with Crippen LogP contribution in [0.5, 0.6) is 0 Å². The van der Waals surface area contributed by atoms with Gasteiger partial charge in [-0.3, -0.25) is 24.5 Å². The molecule has 4 amide bonds. The monoisotopic (exact) mass is 511 g/mol. The molecule has 0 bridgehead atoms. The summed E-state index contributed by atoms with van der Waals surface area (Å²) in [6.45, 7) is -0.411. The number of carbonyl (C=O) groups is 4. The van der Waals surface area contributed by atoms with Crippen molar-refractivity contribution in [1.29, 1.82) is 0 Å².